The van der Waals surface area contributed by atoms with Crippen LogP contribution in [0, 0.1) is 29.6 Å². The minimum atomic E-state index is -4.73. The largest absolute Gasteiger partial charge is 0.435 e. The number of ether oxygens (including phenoxy) is 1. The fraction of sp³-hybridized carbons (Fsp3) is 0.625. The van der Waals surface area contributed by atoms with E-state index in [0.717, 1.165) is 0 Å². The second-order valence-electron chi connectivity index (χ2n) is 9.67. The number of halogens is 5. The molecule has 0 unspecified atom stereocenters. The molecule has 35 heavy (non-hydrogen) atoms. The Labute approximate surface area is 199 Å². The van der Waals surface area contributed by atoms with Crippen LogP contribution in [-0.2, 0) is 17.3 Å². The second kappa shape index (κ2) is 9.37. The van der Waals surface area contributed by atoms with Crippen LogP contribution in [0.4, 0.5) is 22.0 Å². The number of pyridine rings is 1. The van der Waals surface area contributed by atoms with E-state index in [4.69, 9.17) is 4.74 Å². The van der Waals surface area contributed by atoms with E-state index in [9.17, 15) is 32.0 Å². The minimum Gasteiger partial charge on any atom is -0.381 e. The van der Waals surface area contributed by atoms with E-state index in [0.29, 0.717) is 31.7 Å². The van der Waals surface area contributed by atoms with E-state index in [-0.39, 0.29) is 61.5 Å². The summed E-state index contributed by atoms with van der Waals surface area (Å²) < 4.78 is 75.2. The third-order valence-corrected chi connectivity index (χ3v) is 7.12. The number of carbonyl (C=O) groups excluding carboxylic acids is 1. The van der Waals surface area contributed by atoms with Crippen LogP contribution in [0.2, 0.25) is 0 Å². The van der Waals surface area contributed by atoms with Crippen LogP contribution in [0.3, 0.4) is 0 Å². The molecule has 0 aromatic carbocycles. The first kappa shape index (κ1) is 25.4. The Balaban J connectivity index is 1.60. The maximum absolute atomic E-state index is 13.8. The van der Waals surface area contributed by atoms with Crippen LogP contribution in [0.5, 0.6) is 0 Å². The zero-order valence-electron chi connectivity index (χ0n) is 19.4. The van der Waals surface area contributed by atoms with Crippen molar-refractivity contribution in [2.75, 3.05) is 19.8 Å². The summed E-state index contributed by atoms with van der Waals surface area (Å²) in [6.45, 7) is 2.53. The highest BCUT2D eigenvalue weighted by atomic mass is 19.4. The van der Waals surface area contributed by atoms with E-state index >= 15 is 0 Å². The third kappa shape index (κ3) is 5.42. The Morgan fingerprint density at radius 1 is 1.23 bits per heavy atom. The van der Waals surface area contributed by atoms with Crippen molar-refractivity contribution in [3.63, 3.8) is 0 Å². The number of alkyl halides is 5. The van der Waals surface area contributed by atoms with Gasteiger partial charge in [0.15, 0.2) is 5.69 Å². The topological polar surface area (TPSA) is 79.4 Å². The Bertz CT molecular complexity index is 1140. The van der Waals surface area contributed by atoms with Gasteiger partial charge in [0, 0.05) is 43.9 Å². The van der Waals surface area contributed by atoms with Crippen molar-refractivity contribution in [1.82, 2.24) is 14.7 Å². The SMILES string of the molecule is Cc1cc(C(=O)NCC2(C#N)CCOCC2)cc2nc(C(F)(F)F)c(CC3CCC(F)(F)CC3)n12. The molecule has 0 radical (unpaired) electrons. The molecule has 1 aliphatic heterocycles. The Morgan fingerprint density at radius 3 is 2.49 bits per heavy atom. The summed E-state index contributed by atoms with van der Waals surface area (Å²) in [6, 6.07) is 5.02. The van der Waals surface area contributed by atoms with Crippen molar-refractivity contribution in [2.24, 2.45) is 11.3 Å². The zero-order chi connectivity index (χ0) is 25.4. The van der Waals surface area contributed by atoms with Gasteiger partial charge in [-0.05, 0) is 57.1 Å². The summed E-state index contributed by atoms with van der Waals surface area (Å²) in [4.78, 5) is 16.6. The Kier molecular flexibility index (Phi) is 6.79. The number of rotatable bonds is 5. The molecule has 6 nitrogen and oxygen atoms in total. The average Bonchev–Trinajstić information content (AvgIpc) is 3.19. The standard InChI is InChI=1S/C24H27F5N4O2/c1-15-10-17(21(34)31-14-22(13-30)6-8-35-9-7-22)12-19-32-20(24(27,28)29)18(33(15)19)11-16-2-4-23(25,26)5-3-16/h10,12,16H,2-9,11,14H2,1H3,(H,31,34). The highest BCUT2D eigenvalue weighted by molar-refractivity contribution is 5.95. The number of fused-ring (bicyclic) bond motifs is 1. The summed E-state index contributed by atoms with van der Waals surface area (Å²) in [6.07, 6.45) is -4.18. The molecule has 1 saturated carbocycles. The summed E-state index contributed by atoms with van der Waals surface area (Å²) in [5, 5.41) is 12.3. The molecule has 0 atom stereocenters. The number of nitrogens with one attached hydrogen (secondary N) is 1. The van der Waals surface area contributed by atoms with Gasteiger partial charge in [0.05, 0.1) is 17.2 Å². The molecule has 2 aliphatic rings. The van der Waals surface area contributed by atoms with Gasteiger partial charge >= 0.3 is 6.18 Å². The summed E-state index contributed by atoms with van der Waals surface area (Å²) in [5.74, 6) is -3.58. The molecule has 0 bridgehead atoms. The van der Waals surface area contributed by atoms with Gasteiger partial charge < -0.3 is 14.5 Å². The van der Waals surface area contributed by atoms with Gasteiger partial charge in [-0.15, -0.1) is 0 Å². The smallest absolute Gasteiger partial charge is 0.381 e. The predicted molar refractivity (Wildman–Crippen MR) is 116 cm³/mol. The maximum atomic E-state index is 13.8. The first-order chi connectivity index (χ1) is 16.4. The monoisotopic (exact) mass is 498 g/mol. The molecule has 11 heteroatoms. The van der Waals surface area contributed by atoms with Crippen molar-refractivity contribution < 1.29 is 31.5 Å². The van der Waals surface area contributed by atoms with Crippen LogP contribution >= 0.6 is 0 Å². The molecule has 1 N–H and O–H groups in total. The summed E-state index contributed by atoms with van der Waals surface area (Å²) in [7, 11) is 0. The lowest BCUT2D eigenvalue weighted by Crippen LogP contribution is -2.40. The number of carbonyl (C=O) groups is 1. The van der Waals surface area contributed by atoms with Crippen molar-refractivity contribution in [3.05, 3.63) is 34.8 Å². The normalized spacial score (nSPS) is 20.5. The zero-order valence-corrected chi connectivity index (χ0v) is 19.4. The quantitative estimate of drug-likeness (QED) is 0.584. The van der Waals surface area contributed by atoms with Crippen LogP contribution < -0.4 is 5.32 Å². The van der Waals surface area contributed by atoms with Crippen molar-refractivity contribution >= 4 is 11.6 Å². The molecule has 3 heterocycles. The lowest BCUT2D eigenvalue weighted by molar-refractivity contribution is -0.141. The minimum absolute atomic E-state index is 0.0226. The van der Waals surface area contributed by atoms with Gasteiger partial charge in [0.1, 0.15) is 5.65 Å². The van der Waals surface area contributed by atoms with Gasteiger partial charge in [-0.2, -0.15) is 18.4 Å². The molecule has 1 aliphatic carbocycles. The van der Waals surface area contributed by atoms with Gasteiger partial charge in [-0.3, -0.25) is 4.79 Å². The van der Waals surface area contributed by atoms with E-state index < -0.39 is 29.1 Å². The highest BCUT2D eigenvalue weighted by Crippen LogP contribution is 2.40. The number of hydrogen-bond donors (Lipinski definition) is 1. The number of hydrogen-bond acceptors (Lipinski definition) is 4. The average molecular weight is 498 g/mol. The summed E-state index contributed by atoms with van der Waals surface area (Å²) >= 11 is 0. The molecule has 2 aromatic heterocycles. The number of aromatic nitrogens is 2. The van der Waals surface area contributed by atoms with E-state index in [1.165, 1.54) is 16.5 Å². The fourth-order valence-electron chi connectivity index (χ4n) is 5.00. The van der Waals surface area contributed by atoms with E-state index in [2.05, 4.69) is 16.4 Å². The summed E-state index contributed by atoms with van der Waals surface area (Å²) in [5.41, 5.74) is -1.38. The molecule has 2 fully saturated rings. The molecule has 0 spiro atoms. The van der Waals surface area contributed by atoms with Crippen molar-refractivity contribution in [2.45, 2.75) is 64.0 Å². The van der Waals surface area contributed by atoms with E-state index in [1.54, 1.807) is 6.92 Å². The van der Waals surface area contributed by atoms with Crippen LogP contribution in [-0.4, -0.2) is 41.0 Å². The predicted octanol–water partition coefficient (Wildman–Crippen LogP) is 5.08. The molecule has 1 saturated heterocycles. The highest BCUT2D eigenvalue weighted by Gasteiger charge is 2.41. The van der Waals surface area contributed by atoms with Gasteiger partial charge in [0.25, 0.3) is 5.91 Å². The van der Waals surface area contributed by atoms with Gasteiger partial charge in [-0.1, -0.05) is 0 Å². The van der Waals surface area contributed by atoms with Crippen LogP contribution in [0.25, 0.3) is 5.65 Å². The molecule has 4 rings (SSSR count). The molecule has 1 amide bonds. The third-order valence-electron chi connectivity index (χ3n) is 7.12. The number of nitrogens with zero attached hydrogens (tertiary/aromatic N) is 3. The van der Waals surface area contributed by atoms with Gasteiger partial charge in [0.2, 0.25) is 5.92 Å². The number of imidazole rings is 1. The van der Waals surface area contributed by atoms with Gasteiger partial charge in [-0.25, -0.2) is 13.8 Å². The van der Waals surface area contributed by atoms with Crippen LogP contribution in [0.15, 0.2) is 12.1 Å². The number of nitriles is 1. The first-order valence-corrected chi connectivity index (χ1v) is 11.7. The Hall–Kier alpha value is -2.74. The second-order valence-corrected chi connectivity index (χ2v) is 9.67. The molecular weight excluding hydrogens is 471 g/mol. The fourth-order valence-corrected chi connectivity index (χ4v) is 5.00. The Morgan fingerprint density at radius 2 is 1.89 bits per heavy atom. The molecule has 190 valence electrons. The van der Waals surface area contributed by atoms with Crippen molar-refractivity contribution in [3.8, 4) is 6.07 Å². The van der Waals surface area contributed by atoms with Crippen LogP contribution in [0.1, 0.15) is 66.0 Å². The molecule has 2 aromatic rings. The lowest BCUT2D eigenvalue weighted by Gasteiger charge is -2.30. The van der Waals surface area contributed by atoms with Crippen molar-refractivity contribution in [1.29, 1.82) is 5.26 Å². The van der Waals surface area contributed by atoms with E-state index in [1.807, 2.05) is 0 Å². The number of aryl methyl sites for hydroxylation is 1. The number of amides is 1. The first-order valence-electron chi connectivity index (χ1n) is 11.7. The maximum Gasteiger partial charge on any atom is 0.435 e. The lowest BCUT2D eigenvalue weighted by atomic mass is 9.81. The molecular formula is C24H27F5N4O2.